The van der Waals surface area contributed by atoms with Gasteiger partial charge in [-0.25, -0.2) is 29.3 Å². The first-order chi connectivity index (χ1) is 24.3. The van der Waals surface area contributed by atoms with Gasteiger partial charge in [-0.05, 0) is 27.7 Å². The van der Waals surface area contributed by atoms with Crippen LogP contribution in [0.3, 0.4) is 0 Å². The fraction of sp³-hybridized carbons (Fsp3) is 0.600. The second kappa shape index (κ2) is 19.7. The number of nitrogens with one attached hydrogen (secondary N) is 1. The molecule has 286 valence electrons. The summed E-state index contributed by atoms with van der Waals surface area (Å²) in [6.45, 7) is 4.48. The Morgan fingerprint density at radius 2 is 1.59 bits per heavy atom. The van der Waals surface area contributed by atoms with Crippen LogP contribution in [0.2, 0.25) is 0 Å². The molecule has 22 nitrogen and oxygen atoms in total. The molecule has 2 amide bonds. The number of thioether (sulfide) groups is 1. The summed E-state index contributed by atoms with van der Waals surface area (Å²) in [4.78, 5) is 80.6. The average Bonchev–Trinajstić information content (AvgIpc) is 3.55. The number of ether oxygens (including phenoxy) is 1. The Morgan fingerprint density at radius 3 is 2.04 bits per heavy atom. The van der Waals surface area contributed by atoms with E-state index >= 15 is 0 Å². The van der Waals surface area contributed by atoms with Crippen molar-refractivity contribution in [2.75, 3.05) is 51.6 Å². The number of carbonyl (C=O) groups is 4. The van der Waals surface area contributed by atoms with E-state index in [-0.39, 0.29) is 54.3 Å². The van der Waals surface area contributed by atoms with Gasteiger partial charge in [0.25, 0.3) is 11.8 Å². The number of carboxylic acid groups (broad SMARTS) is 1. The van der Waals surface area contributed by atoms with E-state index in [1.165, 1.54) is 40.2 Å². The molecule has 1 fully saturated rings. The van der Waals surface area contributed by atoms with Crippen LogP contribution in [0.1, 0.15) is 39.8 Å². The van der Waals surface area contributed by atoms with Gasteiger partial charge in [-0.3, -0.25) is 28.4 Å². The molecule has 0 saturated carbocycles. The third kappa shape index (κ3) is 10.6. The van der Waals surface area contributed by atoms with Crippen molar-refractivity contribution >= 4 is 72.9 Å². The van der Waals surface area contributed by atoms with Crippen molar-refractivity contribution < 1.29 is 81.2 Å². The van der Waals surface area contributed by atoms with Crippen molar-refractivity contribution in [1.82, 2.24) is 15.2 Å². The van der Waals surface area contributed by atoms with Crippen LogP contribution < -0.4 is 11.1 Å². The summed E-state index contributed by atoms with van der Waals surface area (Å²) in [6, 6.07) is -1.16. The normalized spacial score (nSPS) is 18.0. The maximum atomic E-state index is 13.8. The first-order valence-corrected chi connectivity index (χ1v) is 20.1. The second-order valence-electron chi connectivity index (χ2n) is 9.66. The average molecular weight is 806 g/mol. The largest absolute Gasteiger partial charge is 0.477 e. The van der Waals surface area contributed by atoms with E-state index in [0.29, 0.717) is 0 Å². The topological polar surface area (TPSA) is 281 Å². The molecule has 2 atom stereocenters. The van der Waals surface area contributed by atoms with Crippen molar-refractivity contribution in [1.29, 1.82) is 0 Å². The van der Waals surface area contributed by atoms with Gasteiger partial charge >= 0.3 is 27.1 Å². The van der Waals surface area contributed by atoms with E-state index in [1.54, 1.807) is 0 Å². The molecule has 0 radical (unpaired) electrons. The minimum absolute atomic E-state index is 0.00927. The molecular weight excluding hydrogens is 768 g/mol. The molecule has 1 aromatic heterocycles. The van der Waals surface area contributed by atoms with Gasteiger partial charge in [0.2, 0.25) is 0 Å². The van der Waals surface area contributed by atoms with E-state index in [9.17, 15) is 33.4 Å². The maximum absolute atomic E-state index is 13.8. The zero-order valence-corrected chi connectivity index (χ0v) is 31.3. The lowest BCUT2D eigenvalue weighted by atomic mass is 10.0. The summed E-state index contributed by atoms with van der Waals surface area (Å²) in [5.41, 5.74) is 4.99. The lowest BCUT2D eigenvalue weighted by Gasteiger charge is -2.49. The predicted octanol–water partition coefficient (Wildman–Crippen LogP) is 2.33. The Bertz CT molecular complexity index is 1520. The number of aromatic nitrogens is 1. The Kier molecular flexibility index (Phi) is 16.4. The van der Waals surface area contributed by atoms with Crippen molar-refractivity contribution in [2.45, 2.75) is 50.9 Å². The van der Waals surface area contributed by atoms with Crippen LogP contribution in [0.25, 0.3) is 0 Å². The molecule has 4 N–H and O–H groups in total. The highest BCUT2D eigenvalue weighted by Gasteiger charge is 2.57. The standard InChI is InChI=1S/C25H37N5O17P2S2/c1-6-40-44-48(36,45-41-7-2)17(49(37,46-42-8-3)47-43-9-4)10-16(31)39-11-14-12-50-23-19(22(33)30(23)20(14)24(34)35)28-21(32)18(29-38-5)15-13-51-25(26)27-15/h13,17,19,23H,6-12H2,1-5H3,(H2,26,27)(H,28,32)(H,34,35)/b29-18-/t19-,23-/m1/s1. The number of thiazole rings is 1. The predicted molar refractivity (Wildman–Crippen MR) is 175 cm³/mol. The Hall–Kier alpha value is -2.99. The number of β-lactam (4-membered cyclic amide) rings is 1. The van der Waals surface area contributed by atoms with E-state index in [2.05, 4.69) is 15.5 Å². The smallest absolute Gasteiger partial charge is 0.400 e. The van der Waals surface area contributed by atoms with Gasteiger partial charge in [-0.2, -0.15) is 0 Å². The van der Waals surface area contributed by atoms with E-state index < -0.39 is 74.5 Å². The number of esters is 1. The van der Waals surface area contributed by atoms with Gasteiger partial charge in [0.15, 0.2) is 16.2 Å². The zero-order chi connectivity index (χ0) is 37.8. The summed E-state index contributed by atoms with van der Waals surface area (Å²) in [7, 11) is -8.61. The minimum atomic E-state index is -4.91. The monoisotopic (exact) mass is 805 g/mol. The molecule has 0 spiro atoms. The molecule has 0 unspecified atom stereocenters. The lowest BCUT2D eigenvalue weighted by molar-refractivity contribution is -0.272. The van der Waals surface area contributed by atoms with Crippen LogP contribution >= 0.6 is 38.3 Å². The number of fused-ring (bicyclic) bond motifs is 1. The Labute approximate surface area is 298 Å². The summed E-state index contributed by atoms with van der Waals surface area (Å²) >= 11 is 2.12. The van der Waals surface area contributed by atoms with Gasteiger partial charge in [-0.1, -0.05) is 5.16 Å². The van der Waals surface area contributed by atoms with Crippen molar-refractivity contribution in [2.24, 2.45) is 5.16 Å². The summed E-state index contributed by atoms with van der Waals surface area (Å²) in [6.07, 6.45) is -1.08. The number of anilines is 1. The molecular formula is C25H37N5O17P2S2. The first kappa shape index (κ1) is 42.4. The van der Waals surface area contributed by atoms with Crippen LogP contribution in [0.5, 0.6) is 0 Å². The van der Waals surface area contributed by atoms with Crippen LogP contribution in [-0.2, 0) is 76.1 Å². The fourth-order valence-electron chi connectivity index (χ4n) is 4.20. The highest BCUT2D eigenvalue weighted by molar-refractivity contribution is 8.00. The van der Waals surface area contributed by atoms with Crippen molar-refractivity contribution in [3.8, 4) is 0 Å². The summed E-state index contributed by atoms with van der Waals surface area (Å²) in [5, 5.41) is 14.8. The molecule has 2 aliphatic heterocycles. The van der Waals surface area contributed by atoms with E-state index in [1.807, 2.05) is 0 Å². The Morgan fingerprint density at radius 1 is 1.04 bits per heavy atom. The van der Waals surface area contributed by atoms with Crippen LogP contribution in [0.15, 0.2) is 21.8 Å². The van der Waals surface area contributed by atoms with Gasteiger partial charge in [0.1, 0.15) is 36.5 Å². The Balaban J connectivity index is 1.82. The SMILES string of the molecule is CCOOP(=O)(OOCC)C(CC(=O)OCC1=C(C(=O)O)N2C(=O)[C@@H](NC(=O)/C(=N\OC)c3csc(N)n3)[C@H]2SC1)P(=O)(OOCC)OOCC. The first-order valence-electron chi connectivity index (χ1n) is 14.9. The molecule has 0 bridgehead atoms. The molecule has 26 heteroatoms. The number of hydrogen-bond acceptors (Lipinski definition) is 21. The third-order valence-corrected chi connectivity index (χ3v) is 13.1. The molecule has 3 rings (SSSR count). The number of amides is 2. The van der Waals surface area contributed by atoms with E-state index in [0.717, 1.165) is 28.0 Å². The molecule has 51 heavy (non-hydrogen) atoms. The van der Waals surface area contributed by atoms with Crippen LogP contribution in [-0.4, -0.2) is 107 Å². The summed E-state index contributed by atoms with van der Waals surface area (Å²) < 4.78 is 52.6. The molecule has 1 saturated heterocycles. The number of nitrogens with two attached hydrogens (primary N) is 1. The zero-order valence-electron chi connectivity index (χ0n) is 27.9. The molecule has 0 aromatic carbocycles. The summed E-state index contributed by atoms with van der Waals surface area (Å²) in [5.74, 6) is -4.42. The van der Waals surface area contributed by atoms with Gasteiger partial charge in [0, 0.05) is 16.7 Å². The molecule has 3 heterocycles. The molecule has 0 aliphatic carbocycles. The van der Waals surface area contributed by atoms with Crippen LogP contribution in [0.4, 0.5) is 5.13 Å². The second-order valence-corrected chi connectivity index (χ2v) is 16.1. The number of oxime groups is 1. The molecule has 2 aliphatic rings. The quantitative estimate of drug-likeness (QED) is 0.0357. The molecule has 1 aromatic rings. The number of rotatable bonds is 23. The number of carbonyl (C=O) groups excluding carboxylic acids is 3. The van der Waals surface area contributed by atoms with Gasteiger partial charge in [-0.15, -0.1) is 41.8 Å². The fourth-order valence-corrected chi connectivity index (χ4v) is 10.1. The number of nitrogen functional groups attached to an aromatic ring is 1. The third-order valence-electron chi connectivity index (χ3n) is 6.28. The lowest BCUT2D eigenvalue weighted by Crippen LogP contribution is -2.71. The maximum Gasteiger partial charge on any atom is 0.400 e. The number of nitrogens with zero attached hydrogens (tertiary/aromatic N) is 3. The van der Waals surface area contributed by atoms with Crippen molar-refractivity contribution in [3.05, 3.63) is 22.3 Å². The highest BCUT2D eigenvalue weighted by atomic mass is 32.2. The van der Waals surface area contributed by atoms with Gasteiger partial charge < -0.3 is 25.7 Å². The number of aliphatic carboxylic acids is 1. The minimum Gasteiger partial charge on any atom is -0.477 e. The van der Waals surface area contributed by atoms with Crippen molar-refractivity contribution in [3.63, 3.8) is 0 Å². The van der Waals surface area contributed by atoms with Crippen LogP contribution in [0, 0.1) is 0 Å². The van der Waals surface area contributed by atoms with E-state index in [4.69, 9.17) is 53.6 Å². The highest BCUT2D eigenvalue weighted by Crippen LogP contribution is 2.72. The number of hydrogen-bond donors (Lipinski definition) is 3. The van der Waals surface area contributed by atoms with Gasteiger partial charge in [0.05, 0.1) is 32.8 Å². The number of carboxylic acids is 1.